The van der Waals surface area contributed by atoms with Crippen LogP contribution in [0.4, 0.5) is 0 Å². The summed E-state index contributed by atoms with van der Waals surface area (Å²) >= 11 is 0. The van der Waals surface area contributed by atoms with E-state index in [2.05, 4.69) is 34.4 Å². The average molecular weight is 463 g/mol. The summed E-state index contributed by atoms with van der Waals surface area (Å²) in [7, 11) is 1.65. The molecule has 1 saturated carbocycles. The molecule has 0 bridgehead atoms. The molecule has 4 atom stereocenters. The summed E-state index contributed by atoms with van der Waals surface area (Å²) in [5, 5.41) is 17.9. The van der Waals surface area contributed by atoms with Crippen molar-refractivity contribution in [1.29, 1.82) is 0 Å². The van der Waals surface area contributed by atoms with Crippen molar-refractivity contribution in [3.05, 3.63) is 83.4 Å². The molecule has 7 heteroatoms. The molecule has 1 aliphatic carbocycles. The Morgan fingerprint density at radius 3 is 2.62 bits per heavy atom. The highest BCUT2D eigenvalue weighted by molar-refractivity contribution is 5.80. The van der Waals surface area contributed by atoms with Crippen LogP contribution in [0.2, 0.25) is 0 Å². The fraction of sp³-hybridized carbons (Fsp3) is 0.407. The van der Waals surface area contributed by atoms with Crippen LogP contribution in [0.15, 0.2) is 60.8 Å². The van der Waals surface area contributed by atoms with Crippen LogP contribution in [0.3, 0.4) is 0 Å². The zero-order valence-electron chi connectivity index (χ0n) is 20.0. The van der Waals surface area contributed by atoms with Gasteiger partial charge in [0.2, 0.25) is 5.91 Å². The number of hydrogen-bond donors (Lipinski definition) is 4. The van der Waals surface area contributed by atoms with Gasteiger partial charge in [-0.1, -0.05) is 56.3 Å². The smallest absolute Gasteiger partial charge is 0.226 e. The van der Waals surface area contributed by atoms with Crippen LogP contribution in [0.1, 0.15) is 54.7 Å². The summed E-state index contributed by atoms with van der Waals surface area (Å²) in [5.41, 5.74) is 2.97. The number of H-pyrrole nitrogens is 1. The molecule has 34 heavy (non-hydrogen) atoms. The van der Waals surface area contributed by atoms with Crippen LogP contribution in [0.25, 0.3) is 0 Å². The van der Waals surface area contributed by atoms with Crippen molar-refractivity contribution < 1.29 is 14.6 Å². The van der Waals surface area contributed by atoms with Gasteiger partial charge in [0.15, 0.2) is 0 Å². The summed E-state index contributed by atoms with van der Waals surface area (Å²) in [4.78, 5) is 21.0. The largest absolute Gasteiger partial charge is 0.497 e. The first-order chi connectivity index (χ1) is 16.5. The number of carbonyl (C=O) groups excluding carboxylic acids is 1. The van der Waals surface area contributed by atoms with Gasteiger partial charge in [0.25, 0.3) is 0 Å². The standard InChI is InChI=1S/C27H34N4O3/c1-17(2)26-29-16-23(31-26)24-22(28-15-19-10-7-11-20(12-19)34-3)13-21(25(24)32)27(33)30-14-18-8-5-4-6-9-18/h4-12,16-17,21-22,24-25,28,32H,13-15H2,1-3H3,(H,29,31)(H,30,33)/t21-,22+,24+,25+/m0/s1. The molecule has 1 fully saturated rings. The second-order valence-electron chi connectivity index (χ2n) is 9.28. The number of methoxy groups -OCH3 is 1. The highest BCUT2D eigenvalue weighted by atomic mass is 16.5. The SMILES string of the molecule is COc1cccc(CN[C@@H]2C[C@H](C(=O)NCc3ccccc3)[C@@H](O)[C@H]2c2cnc(C(C)C)[nH]2)c1. The minimum absolute atomic E-state index is 0.0888. The third kappa shape index (κ3) is 5.48. The number of nitrogens with zero attached hydrogens (tertiary/aromatic N) is 1. The summed E-state index contributed by atoms with van der Waals surface area (Å²) in [6.07, 6.45) is 1.51. The van der Waals surface area contributed by atoms with Gasteiger partial charge < -0.3 is 25.5 Å². The molecule has 1 aromatic heterocycles. The second kappa shape index (κ2) is 10.8. The number of amides is 1. The number of aliphatic hydroxyl groups excluding tert-OH is 1. The van der Waals surface area contributed by atoms with Gasteiger partial charge in [-0.2, -0.15) is 0 Å². The van der Waals surface area contributed by atoms with E-state index in [1.54, 1.807) is 13.3 Å². The Morgan fingerprint density at radius 1 is 1.15 bits per heavy atom. The normalized spacial score (nSPS) is 22.1. The lowest BCUT2D eigenvalue weighted by molar-refractivity contribution is -0.127. The molecule has 1 amide bonds. The third-order valence-corrected chi connectivity index (χ3v) is 6.59. The lowest BCUT2D eigenvalue weighted by atomic mass is 9.96. The first-order valence-electron chi connectivity index (χ1n) is 11.9. The van der Waals surface area contributed by atoms with Crippen molar-refractivity contribution in [2.24, 2.45) is 5.92 Å². The number of ether oxygens (including phenoxy) is 1. The molecular weight excluding hydrogens is 428 g/mol. The fourth-order valence-corrected chi connectivity index (χ4v) is 4.68. The van der Waals surface area contributed by atoms with Crippen LogP contribution in [-0.2, 0) is 17.9 Å². The quantitative estimate of drug-likeness (QED) is 0.390. The molecule has 4 rings (SSSR count). The molecule has 2 aromatic carbocycles. The number of imidazole rings is 1. The molecule has 0 unspecified atom stereocenters. The number of aromatic nitrogens is 2. The summed E-state index contributed by atoms with van der Waals surface area (Å²) < 4.78 is 5.34. The number of nitrogens with one attached hydrogen (secondary N) is 3. The van der Waals surface area contributed by atoms with E-state index in [9.17, 15) is 9.90 Å². The maximum Gasteiger partial charge on any atom is 0.226 e. The van der Waals surface area contributed by atoms with Crippen molar-refractivity contribution >= 4 is 5.91 Å². The molecule has 7 nitrogen and oxygen atoms in total. The number of benzene rings is 2. The predicted octanol–water partition coefficient (Wildman–Crippen LogP) is 3.48. The highest BCUT2D eigenvalue weighted by Crippen LogP contribution is 2.39. The molecular formula is C27H34N4O3. The Labute approximate surface area is 201 Å². The van der Waals surface area contributed by atoms with Crippen LogP contribution in [0, 0.1) is 5.92 Å². The number of rotatable bonds is 9. The molecule has 1 aliphatic rings. The Hall–Kier alpha value is -3.16. The van der Waals surface area contributed by atoms with Crippen molar-refractivity contribution in [1.82, 2.24) is 20.6 Å². The third-order valence-electron chi connectivity index (χ3n) is 6.59. The first-order valence-corrected chi connectivity index (χ1v) is 11.9. The minimum Gasteiger partial charge on any atom is -0.497 e. The van der Waals surface area contributed by atoms with E-state index in [-0.39, 0.29) is 23.8 Å². The van der Waals surface area contributed by atoms with E-state index >= 15 is 0 Å². The van der Waals surface area contributed by atoms with Crippen LogP contribution in [0.5, 0.6) is 5.75 Å². The maximum atomic E-state index is 13.1. The van der Waals surface area contributed by atoms with Gasteiger partial charge in [-0.15, -0.1) is 0 Å². The van der Waals surface area contributed by atoms with Gasteiger partial charge in [-0.25, -0.2) is 4.98 Å². The van der Waals surface area contributed by atoms with E-state index in [1.807, 2.05) is 54.6 Å². The molecule has 0 radical (unpaired) electrons. The second-order valence-corrected chi connectivity index (χ2v) is 9.28. The van der Waals surface area contributed by atoms with Crippen molar-refractivity contribution in [2.45, 2.75) is 57.3 Å². The lowest BCUT2D eigenvalue weighted by Crippen LogP contribution is -2.36. The molecule has 4 N–H and O–H groups in total. The lowest BCUT2D eigenvalue weighted by Gasteiger charge is -2.23. The molecule has 1 heterocycles. The van der Waals surface area contributed by atoms with Gasteiger partial charge in [0.05, 0.1) is 19.1 Å². The number of aromatic amines is 1. The van der Waals surface area contributed by atoms with Crippen LogP contribution >= 0.6 is 0 Å². The topological polar surface area (TPSA) is 99.3 Å². The Morgan fingerprint density at radius 2 is 1.91 bits per heavy atom. The van der Waals surface area contributed by atoms with Gasteiger partial charge in [-0.05, 0) is 29.7 Å². The zero-order chi connectivity index (χ0) is 24.1. The Bertz CT molecular complexity index is 1080. The zero-order valence-corrected chi connectivity index (χ0v) is 20.0. The summed E-state index contributed by atoms with van der Waals surface area (Å²) in [6, 6.07) is 17.6. The summed E-state index contributed by atoms with van der Waals surface area (Å²) in [6.45, 7) is 5.20. The fourth-order valence-electron chi connectivity index (χ4n) is 4.68. The van der Waals surface area contributed by atoms with Gasteiger partial charge in [-0.3, -0.25) is 4.79 Å². The van der Waals surface area contributed by atoms with E-state index in [0.29, 0.717) is 19.5 Å². The average Bonchev–Trinajstić information content (AvgIpc) is 3.46. The van der Waals surface area contributed by atoms with Crippen LogP contribution in [-0.4, -0.2) is 40.2 Å². The van der Waals surface area contributed by atoms with Crippen molar-refractivity contribution in [3.63, 3.8) is 0 Å². The summed E-state index contributed by atoms with van der Waals surface area (Å²) in [5.74, 6) is 1.03. The minimum atomic E-state index is -0.820. The Kier molecular flexibility index (Phi) is 7.65. The number of carbonyl (C=O) groups is 1. The van der Waals surface area contributed by atoms with Crippen molar-refractivity contribution in [3.8, 4) is 5.75 Å². The highest BCUT2D eigenvalue weighted by Gasteiger charge is 2.47. The van der Waals surface area contributed by atoms with E-state index in [4.69, 9.17) is 4.74 Å². The molecule has 0 spiro atoms. The molecule has 3 aromatic rings. The monoisotopic (exact) mass is 462 g/mol. The number of aliphatic hydroxyl groups is 1. The molecule has 0 aliphatic heterocycles. The van der Waals surface area contributed by atoms with Gasteiger partial charge >= 0.3 is 0 Å². The maximum absolute atomic E-state index is 13.1. The van der Waals surface area contributed by atoms with Gasteiger partial charge in [0, 0.05) is 42.9 Å². The number of hydrogen-bond acceptors (Lipinski definition) is 5. The van der Waals surface area contributed by atoms with Crippen LogP contribution < -0.4 is 15.4 Å². The van der Waals surface area contributed by atoms with E-state index in [0.717, 1.165) is 28.4 Å². The predicted molar refractivity (Wildman–Crippen MR) is 131 cm³/mol. The van der Waals surface area contributed by atoms with Gasteiger partial charge in [0.1, 0.15) is 11.6 Å². The van der Waals surface area contributed by atoms with E-state index < -0.39 is 12.0 Å². The molecule has 180 valence electrons. The Balaban J connectivity index is 1.50. The molecule has 0 saturated heterocycles. The first kappa shape index (κ1) is 24.0. The van der Waals surface area contributed by atoms with E-state index in [1.165, 1.54) is 0 Å². The van der Waals surface area contributed by atoms with Crippen molar-refractivity contribution in [2.75, 3.05) is 7.11 Å².